The zero-order chi connectivity index (χ0) is 23.1. The van der Waals surface area contributed by atoms with Gasteiger partial charge in [-0.25, -0.2) is 19.2 Å². The number of alkyl carbamates (subject to hydrolysis) is 1. The second-order valence-corrected chi connectivity index (χ2v) is 6.81. The average molecular weight is 447 g/mol. The number of halogens is 1. The number of hydrogen-bond acceptors (Lipinski definition) is 10. The second-order valence-electron chi connectivity index (χ2n) is 6.81. The number of anilines is 1. The molecule has 0 saturated carbocycles. The summed E-state index contributed by atoms with van der Waals surface area (Å²) >= 11 is 0. The monoisotopic (exact) mass is 447 g/mol. The molecule has 0 aliphatic carbocycles. The molecule has 1 fully saturated rings. The van der Waals surface area contributed by atoms with E-state index in [1.807, 2.05) is 10.2 Å². The number of guanidine groups is 1. The molecule has 1 aliphatic heterocycles. The Kier molecular flexibility index (Phi) is 7.46. The fourth-order valence-electron chi connectivity index (χ4n) is 2.69. The summed E-state index contributed by atoms with van der Waals surface area (Å²) in [5.74, 6) is -0.723. The van der Waals surface area contributed by atoms with E-state index >= 15 is 0 Å². The van der Waals surface area contributed by atoms with Gasteiger partial charge in [0.15, 0.2) is 5.96 Å². The van der Waals surface area contributed by atoms with Gasteiger partial charge in [-0.15, -0.1) is 0 Å². The predicted octanol–water partition coefficient (Wildman–Crippen LogP) is -0.0518. The first-order chi connectivity index (χ1) is 15.4. The van der Waals surface area contributed by atoms with Gasteiger partial charge in [0.2, 0.25) is 5.95 Å². The number of nitrogens with two attached hydrogens (primary N) is 1. The Balaban J connectivity index is 1.59. The maximum absolute atomic E-state index is 14.9. The summed E-state index contributed by atoms with van der Waals surface area (Å²) in [4.78, 5) is 26.7. The number of benzene rings is 1. The smallest absolute Gasteiger partial charge is 0.414 e. The highest BCUT2D eigenvalue weighted by atomic mass is 19.1. The lowest BCUT2D eigenvalue weighted by atomic mass is 10.1. The van der Waals surface area contributed by atoms with E-state index in [-0.39, 0.29) is 24.3 Å². The average Bonchev–Trinajstić information content (AvgIpc) is 2.74. The summed E-state index contributed by atoms with van der Waals surface area (Å²) < 4.78 is 19.7. The molecule has 170 valence electrons. The zero-order valence-corrected chi connectivity index (χ0v) is 16.9. The highest BCUT2D eigenvalue weighted by Gasteiger charge is 2.25. The number of carbonyl (C=O) groups is 1. The Hall–Kier alpha value is -3.84. The van der Waals surface area contributed by atoms with E-state index < -0.39 is 30.6 Å². The number of aliphatic hydroxyl groups excluding tert-OH is 2. The van der Waals surface area contributed by atoms with Crippen LogP contribution in [0.3, 0.4) is 0 Å². The Morgan fingerprint density at radius 3 is 2.75 bits per heavy atom. The minimum atomic E-state index is -0.977. The van der Waals surface area contributed by atoms with E-state index in [1.54, 1.807) is 12.1 Å². The molecule has 2 heterocycles. The number of aliphatic hydroxyl groups is 2. The van der Waals surface area contributed by atoms with Gasteiger partial charge in [-0.05, 0) is 0 Å². The molecule has 1 aromatic heterocycles. The van der Waals surface area contributed by atoms with Gasteiger partial charge in [-0.3, -0.25) is 10.7 Å². The van der Waals surface area contributed by atoms with Gasteiger partial charge in [-0.2, -0.15) is 0 Å². The molecule has 0 bridgehead atoms. The molecule has 1 aromatic carbocycles. The number of carbonyl (C=O) groups excluding carboxylic acids is 1. The quantitative estimate of drug-likeness (QED) is 0.211. The van der Waals surface area contributed by atoms with Crippen molar-refractivity contribution in [2.75, 3.05) is 31.2 Å². The van der Waals surface area contributed by atoms with Gasteiger partial charge < -0.3 is 30.4 Å². The fourth-order valence-corrected chi connectivity index (χ4v) is 2.69. The van der Waals surface area contributed by atoms with Crippen molar-refractivity contribution in [2.45, 2.75) is 12.7 Å². The number of rotatable bonds is 8. The third-order valence-electron chi connectivity index (χ3n) is 4.32. The molecule has 1 unspecified atom stereocenters. The van der Waals surface area contributed by atoms with E-state index in [9.17, 15) is 14.3 Å². The van der Waals surface area contributed by atoms with Crippen LogP contribution in [-0.4, -0.2) is 70.4 Å². The molecule has 12 nitrogen and oxygen atoms in total. The maximum Gasteiger partial charge on any atom is 0.414 e. The number of nitrogens with zero attached hydrogens (tertiary/aromatic N) is 4. The van der Waals surface area contributed by atoms with Gasteiger partial charge in [0, 0.05) is 29.1 Å². The molecule has 0 spiro atoms. The first kappa shape index (κ1) is 22.8. The van der Waals surface area contributed by atoms with Crippen LogP contribution < -0.4 is 16.0 Å². The van der Waals surface area contributed by atoms with E-state index in [0.717, 1.165) is 5.71 Å². The molecule has 3 rings (SSSR count). The number of hydrogen-bond donors (Lipinski definition) is 5. The summed E-state index contributed by atoms with van der Waals surface area (Å²) in [6.45, 7) is 0.0480. The molecule has 32 heavy (non-hydrogen) atoms. The Morgan fingerprint density at radius 2 is 2.09 bits per heavy atom. The minimum Gasteiger partial charge on any atom is -0.444 e. The maximum atomic E-state index is 14.9. The Morgan fingerprint density at radius 1 is 1.38 bits per heavy atom. The molecule has 1 atom stereocenters. The van der Waals surface area contributed by atoms with E-state index in [4.69, 9.17) is 25.8 Å². The summed E-state index contributed by atoms with van der Waals surface area (Å²) in [5.41, 5.74) is 6.59. The van der Waals surface area contributed by atoms with Crippen molar-refractivity contribution < 1.29 is 29.0 Å². The van der Waals surface area contributed by atoms with Crippen molar-refractivity contribution in [3.63, 3.8) is 0 Å². The molecule has 6 N–H and O–H groups in total. The topological polar surface area (TPSA) is 179 Å². The lowest BCUT2D eigenvalue weighted by Gasteiger charge is -2.31. The van der Waals surface area contributed by atoms with Crippen LogP contribution in [0.4, 0.5) is 15.1 Å². The van der Waals surface area contributed by atoms with Crippen LogP contribution in [0.1, 0.15) is 5.56 Å². The van der Waals surface area contributed by atoms with Crippen molar-refractivity contribution in [3.8, 4) is 11.1 Å². The minimum absolute atomic E-state index is 0.0950. The molecule has 2 aromatic rings. The summed E-state index contributed by atoms with van der Waals surface area (Å²) in [7, 11) is 0. The largest absolute Gasteiger partial charge is 0.444 e. The van der Waals surface area contributed by atoms with E-state index in [2.05, 4.69) is 15.1 Å². The summed E-state index contributed by atoms with van der Waals surface area (Å²) in [5, 5.41) is 30.7. The van der Waals surface area contributed by atoms with Crippen molar-refractivity contribution in [3.05, 3.63) is 42.0 Å². The highest BCUT2D eigenvalue weighted by Crippen LogP contribution is 2.25. The molecular formula is C19H22FN7O5. The van der Waals surface area contributed by atoms with Crippen LogP contribution in [0, 0.1) is 11.2 Å². The third-order valence-corrected chi connectivity index (χ3v) is 4.32. The SMILES string of the molecule is N=C(N)NC(=O)OCc1cccc(-c2cnc(N3CC(=NOCC(O)CO)C3)nc2)c1F. The molecule has 1 saturated heterocycles. The lowest BCUT2D eigenvalue weighted by molar-refractivity contribution is 0.00789. The van der Waals surface area contributed by atoms with Gasteiger partial charge in [0.05, 0.1) is 25.4 Å². The first-order valence-electron chi connectivity index (χ1n) is 9.46. The zero-order valence-electron chi connectivity index (χ0n) is 16.9. The molecule has 1 aliphatic rings. The Bertz CT molecular complexity index is 994. The van der Waals surface area contributed by atoms with Crippen LogP contribution >= 0.6 is 0 Å². The summed E-state index contributed by atoms with van der Waals surface area (Å²) in [6.07, 6.45) is 1.03. The van der Waals surface area contributed by atoms with Crippen LogP contribution in [0.5, 0.6) is 0 Å². The highest BCUT2D eigenvalue weighted by molar-refractivity contribution is 5.98. The van der Waals surface area contributed by atoms with Crippen LogP contribution in [-0.2, 0) is 16.2 Å². The molecular weight excluding hydrogens is 425 g/mol. The number of nitrogens with one attached hydrogen (secondary N) is 2. The second kappa shape index (κ2) is 10.5. The van der Waals surface area contributed by atoms with Crippen molar-refractivity contribution in [2.24, 2.45) is 10.9 Å². The fraction of sp³-hybridized carbons (Fsp3) is 0.316. The van der Waals surface area contributed by atoms with Gasteiger partial charge in [0.1, 0.15) is 25.1 Å². The van der Waals surface area contributed by atoms with E-state index in [0.29, 0.717) is 24.6 Å². The van der Waals surface area contributed by atoms with Crippen LogP contribution in [0.25, 0.3) is 11.1 Å². The third kappa shape index (κ3) is 5.86. The normalized spacial score (nSPS) is 13.7. The molecule has 13 heteroatoms. The van der Waals surface area contributed by atoms with Crippen molar-refractivity contribution >= 4 is 23.7 Å². The van der Waals surface area contributed by atoms with Crippen molar-refractivity contribution in [1.29, 1.82) is 5.41 Å². The number of amides is 1. The van der Waals surface area contributed by atoms with Crippen LogP contribution in [0.2, 0.25) is 0 Å². The van der Waals surface area contributed by atoms with Gasteiger partial charge >= 0.3 is 6.09 Å². The number of aromatic nitrogens is 2. The molecule has 1 amide bonds. The lowest BCUT2D eigenvalue weighted by Crippen LogP contribution is -2.48. The summed E-state index contributed by atoms with van der Waals surface area (Å²) in [6, 6.07) is 4.64. The van der Waals surface area contributed by atoms with Crippen molar-refractivity contribution in [1.82, 2.24) is 15.3 Å². The molecule has 0 radical (unpaired) electrons. The van der Waals surface area contributed by atoms with E-state index in [1.165, 1.54) is 18.5 Å². The Labute approximate surface area is 182 Å². The van der Waals surface area contributed by atoms with Gasteiger partial charge in [0.25, 0.3) is 0 Å². The predicted molar refractivity (Wildman–Crippen MR) is 111 cm³/mol. The number of ether oxygens (including phenoxy) is 1. The van der Waals surface area contributed by atoms with Crippen LogP contribution in [0.15, 0.2) is 35.7 Å². The standard InChI is InChI=1S/C19H22FN7O5/c20-16-11(9-31-19(30)25-17(21)22)2-1-3-15(16)12-4-23-18(24-5-12)27-6-13(7-27)26-32-10-14(29)8-28/h1-5,14,28-29H,6-10H2,(H4,21,22,25,30). The number of oxime groups is 1. The van der Waals surface area contributed by atoms with Gasteiger partial charge in [-0.1, -0.05) is 23.4 Å². The first-order valence-corrected chi connectivity index (χ1v) is 9.46.